The van der Waals surface area contributed by atoms with E-state index in [-0.39, 0.29) is 12.5 Å². The highest BCUT2D eigenvalue weighted by Gasteiger charge is 2.36. The summed E-state index contributed by atoms with van der Waals surface area (Å²) in [6, 6.07) is 0. The number of hydrogen-bond donors (Lipinski definition) is 2. The molecule has 1 heterocycles. The van der Waals surface area contributed by atoms with Crippen LogP contribution in [0, 0.1) is 6.92 Å². The molecule has 1 amide bonds. The van der Waals surface area contributed by atoms with Crippen LogP contribution >= 0.6 is 0 Å². The van der Waals surface area contributed by atoms with Crippen LogP contribution in [-0.4, -0.2) is 21.6 Å². The second-order valence-electron chi connectivity index (χ2n) is 4.28. The van der Waals surface area contributed by atoms with Gasteiger partial charge in [-0.3, -0.25) is 4.79 Å². The molecule has 1 aromatic rings. The van der Waals surface area contributed by atoms with Gasteiger partial charge in [0.1, 0.15) is 0 Å². The van der Waals surface area contributed by atoms with Crippen molar-refractivity contribution in [2.24, 2.45) is 5.73 Å². The first-order chi connectivity index (χ1) is 7.60. The van der Waals surface area contributed by atoms with Gasteiger partial charge in [-0.25, -0.2) is 0 Å². The molecular formula is C10H16N4O2. The fourth-order valence-corrected chi connectivity index (χ4v) is 1.98. The van der Waals surface area contributed by atoms with E-state index in [1.807, 2.05) is 0 Å². The lowest BCUT2D eigenvalue weighted by Gasteiger charge is -2.21. The predicted octanol–water partition coefficient (Wildman–Crippen LogP) is 0.266. The zero-order valence-electron chi connectivity index (χ0n) is 9.32. The van der Waals surface area contributed by atoms with E-state index >= 15 is 0 Å². The number of rotatable bonds is 3. The Balaban J connectivity index is 1.88. The van der Waals surface area contributed by atoms with Crippen LogP contribution in [0.25, 0.3) is 0 Å². The van der Waals surface area contributed by atoms with Gasteiger partial charge in [-0.05, 0) is 19.8 Å². The van der Waals surface area contributed by atoms with E-state index in [2.05, 4.69) is 15.5 Å². The zero-order valence-corrected chi connectivity index (χ0v) is 9.32. The summed E-state index contributed by atoms with van der Waals surface area (Å²) in [6.07, 6.45) is 3.54. The smallest absolute Gasteiger partial charge is 0.246 e. The van der Waals surface area contributed by atoms with Gasteiger partial charge in [-0.15, -0.1) is 0 Å². The lowest BCUT2D eigenvalue weighted by molar-refractivity contribution is -0.126. The molecule has 1 aliphatic rings. The molecule has 0 bridgehead atoms. The molecule has 0 atom stereocenters. The number of aryl methyl sites for hydroxylation is 1. The van der Waals surface area contributed by atoms with Crippen molar-refractivity contribution < 1.29 is 9.32 Å². The topological polar surface area (TPSA) is 94.0 Å². The molecule has 1 aliphatic carbocycles. The van der Waals surface area contributed by atoms with Crippen molar-refractivity contribution in [1.82, 2.24) is 15.5 Å². The third-order valence-electron chi connectivity index (χ3n) is 2.92. The van der Waals surface area contributed by atoms with Gasteiger partial charge in [-0.2, -0.15) is 4.98 Å². The molecule has 6 heteroatoms. The van der Waals surface area contributed by atoms with Crippen molar-refractivity contribution >= 4 is 5.91 Å². The van der Waals surface area contributed by atoms with Gasteiger partial charge in [0, 0.05) is 0 Å². The number of nitrogens with one attached hydrogen (secondary N) is 1. The molecule has 3 N–H and O–H groups in total. The Hall–Kier alpha value is -1.43. The van der Waals surface area contributed by atoms with Crippen LogP contribution in [-0.2, 0) is 11.3 Å². The maximum atomic E-state index is 11.8. The van der Waals surface area contributed by atoms with Crippen molar-refractivity contribution in [2.45, 2.75) is 44.7 Å². The number of hydrogen-bond acceptors (Lipinski definition) is 5. The average molecular weight is 224 g/mol. The number of aromatic nitrogens is 2. The Labute approximate surface area is 93.6 Å². The minimum Gasteiger partial charge on any atom is -0.345 e. The van der Waals surface area contributed by atoms with Gasteiger partial charge in [0.15, 0.2) is 5.82 Å². The first-order valence-electron chi connectivity index (χ1n) is 5.46. The minimum atomic E-state index is -0.699. The van der Waals surface area contributed by atoms with Gasteiger partial charge in [-0.1, -0.05) is 18.0 Å². The van der Waals surface area contributed by atoms with Crippen LogP contribution in [0.4, 0.5) is 0 Å². The van der Waals surface area contributed by atoms with Crippen molar-refractivity contribution in [3.05, 3.63) is 11.7 Å². The monoisotopic (exact) mass is 224 g/mol. The first-order valence-corrected chi connectivity index (χ1v) is 5.46. The van der Waals surface area contributed by atoms with E-state index in [9.17, 15) is 4.79 Å². The molecule has 0 unspecified atom stereocenters. The Morgan fingerprint density at radius 3 is 2.81 bits per heavy atom. The second-order valence-corrected chi connectivity index (χ2v) is 4.28. The fraction of sp³-hybridized carbons (Fsp3) is 0.700. The summed E-state index contributed by atoms with van der Waals surface area (Å²) in [5.41, 5.74) is 5.29. The molecule has 0 aromatic carbocycles. The van der Waals surface area contributed by atoms with Crippen LogP contribution in [0.5, 0.6) is 0 Å². The van der Waals surface area contributed by atoms with Gasteiger partial charge in [0.05, 0.1) is 12.1 Å². The van der Waals surface area contributed by atoms with Crippen LogP contribution in [0.3, 0.4) is 0 Å². The third-order valence-corrected chi connectivity index (χ3v) is 2.92. The molecule has 88 valence electrons. The highest BCUT2D eigenvalue weighted by molar-refractivity contribution is 5.86. The van der Waals surface area contributed by atoms with E-state index < -0.39 is 5.54 Å². The summed E-state index contributed by atoms with van der Waals surface area (Å²) in [5, 5.41) is 6.38. The van der Waals surface area contributed by atoms with E-state index in [4.69, 9.17) is 10.3 Å². The van der Waals surface area contributed by atoms with Crippen LogP contribution in [0.1, 0.15) is 37.4 Å². The van der Waals surface area contributed by atoms with E-state index in [0.717, 1.165) is 25.7 Å². The molecule has 16 heavy (non-hydrogen) atoms. The summed E-state index contributed by atoms with van der Waals surface area (Å²) < 4.78 is 4.89. The molecule has 1 fully saturated rings. The van der Waals surface area contributed by atoms with Gasteiger partial charge in [0.2, 0.25) is 11.8 Å². The van der Waals surface area contributed by atoms with Crippen molar-refractivity contribution in [1.29, 1.82) is 0 Å². The summed E-state index contributed by atoms with van der Waals surface area (Å²) in [7, 11) is 0. The van der Waals surface area contributed by atoms with Gasteiger partial charge >= 0.3 is 0 Å². The Morgan fingerprint density at radius 2 is 2.25 bits per heavy atom. The van der Waals surface area contributed by atoms with E-state index in [1.165, 1.54) is 0 Å². The van der Waals surface area contributed by atoms with E-state index in [1.54, 1.807) is 6.92 Å². The summed E-state index contributed by atoms with van der Waals surface area (Å²) in [6.45, 7) is 1.98. The van der Waals surface area contributed by atoms with Gasteiger partial charge in [0.25, 0.3) is 0 Å². The molecule has 2 rings (SSSR count). The van der Waals surface area contributed by atoms with E-state index in [0.29, 0.717) is 11.7 Å². The molecule has 1 saturated carbocycles. The van der Waals surface area contributed by atoms with Crippen molar-refractivity contribution in [3.8, 4) is 0 Å². The number of amides is 1. The van der Waals surface area contributed by atoms with Crippen molar-refractivity contribution in [3.63, 3.8) is 0 Å². The lowest BCUT2D eigenvalue weighted by Crippen LogP contribution is -2.51. The highest BCUT2D eigenvalue weighted by atomic mass is 16.5. The minimum absolute atomic E-state index is 0.124. The Bertz CT molecular complexity index is 382. The molecule has 0 radical (unpaired) electrons. The first kappa shape index (κ1) is 11.1. The molecule has 6 nitrogen and oxygen atoms in total. The Morgan fingerprint density at radius 1 is 1.56 bits per heavy atom. The van der Waals surface area contributed by atoms with Gasteiger partial charge < -0.3 is 15.6 Å². The normalized spacial score (nSPS) is 18.6. The maximum Gasteiger partial charge on any atom is 0.246 e. The maximum absolute atomic E-state index is 11.8. The number of carbonyl (C=O) groups excluding carboxylic acids is 1. The molecular weight excluding hydrogens is 208 g/mol. The summed E-state index contributed by atoms with van der Waals surface area (Å²) in [5.74, 6) is 0.848. The quantitative estimate of drug-likeness (QED) is 0.768. The fourth-order valence-electron chi connectivity index (χ4n) is 1.98. The predicted molar refractivity (Wildman–Crippen MR) is 56.3 cm³/mol. The van der Waals surface area contributed by atoms with Crippen LogP contribution < -0.4 is 11.1 Å². The SMILES string of the molecule is Cc1noc(CNC(=O)C2(N)CCCC2)n1. The number of carbonyl (C=O) groups is 1. The highest BCUT2D eigenvalue weighted by Crippen LogP contribution is 2.27. The standard InChI is InChI=1S/C10H16N4O2/c1-7-13-8(16-14-7)6-12-9(15)10(11)4-2-3-5-10/h2-6,11H2,1H3,(H,12,15). The number of nitrogens with two attached hydrogens (primary N) is 1. The Kier molecular flexibility index (Phi) is 2.91. The summed E-state index contributed by atoms with van der Waals surface area (Å²) >= 11 is 0. The second kappa shape index (κ2) is 4.21. The lowest BCUT2D eigenvalue weighted by atomic mass is 9.98. The molecule has 1 aromatic heterocycles. The van der Waals surface area contributed by atoms with Crippen LogP contribution in [0.15, 0.2) is 4.52 Å². The third kappa shape index (κ3) is 2.21. The molecule has 0 aliphatic heterocycles. The van der Waals surface area contributed by atoms with Crippen LogP contribution in [0.2, 0.25) is 0 Å². The average Bonchev–Trinajstić information content (AvgIpc) is 2.85. The summed E-state index contributed by atoms with van der Waals surface area (Å²) in [4.78, 5) is 15.8. The largest absolute Gasteiger partial charge is 0.345 e. The molecule has 0 saturated heterocycles. The number of nitrogens with zero attached hydrogens (tertiary/aromatic N) is 2. The van der Waals surface area contributed by atoms with Crippen molar-refractivity contribution in [2.75, 3.05) is 0 Å². The molecule has 0 spiro atoms. The zero-order chi connectivity index (χ0) is 11.6.